The van der Waals surface area contributed by atoms with E-state index in [1.807, 2.05) is 32.0 Å². The van der Waals surface area contributed by atoms with E-state index in [9.17, 15) is 0 Å². The molecule has 1 aromatic rings. The average molecular weight is 211 g/mol. The largest absolute Gasteiger partial charge is 0.496 e. The summed E-state index contributed by atoms with van der Waals surface area (Å²) in [6.07, 6.45) is 0. The maximum Gasteiger partial charge on any atom is 0.128 e. The molecule has 0 bridgehead atoms. The van der Waals surface area contributed by atoms with Crippen LogP contribution >= 0.6 is 0 Å². The highest BCUT2D eigenvalue weighted by molar-refractivity contribution is 5.48. The van der Waals surface area contributed by atoms with Crippen molar-refractivity contribution in [2.24, 2.45) is 5.90 Å². The van der Waals surface area contributed by atoms with Crippen molar-refractivity contribution in [3.8, 4) is 11.5 Å². The van der Waals surface area contributed by atoms with Crippen LogP contribution in [0.2, 0.25) is 0 Å². The van der Waals surface area contributed by atoms with E-state index in [2.05, 4.69) is 0 Å². The fraction of sp³-hybridized carbons (Fsp3) is 0.455. The zero-order valence-corrected chi connectivity index (χ0v) is 9.53. The lowest BCUT2D eigenvalue weighted by molar-refractivity contribution is -0.0265. The smallest absolute Gasteiger partial charge is 0.128 e. The molecule has 0 saturated heterocycles. The summed E-state index contributed by atoms with van der Waals surface area (Å²) in [5.74, 6) is 6.67. The molecule has 1 aromatic carbocycles. The SMILES string of the molecule is COc1cccc(OC)c1C(C)(C)ON. The van der Waals surface area contributed by atoms with Crippen LogP contribution in [0.15, 0.2) is 18.2 Å². The van der Waals surface area contributed by atoms with Gasteiger partial charge in [0.2, 0.25) is 0 Å². The van der Waals surface area contributed by atoms with Gasteiger partial charge in [0, 0.05) is 0 Å². The van der Waals surface area contributed by atoms with Crippen molar-refractivity contribution in [1.29, 1.82) is 0 Å². The predicted molar refractivity (Wildman–Crippen MR) is 57.8 cm³/mol. The summed E-state index contributed by atoms with van der Waals surface area (Å²) >= 11 is 0. The van der Waals surface area contributed by atoms with Crippen LogP contribution in [0.1, 0.15) is 19.4 Å². The van der Waals surface area contributed by atoms with Gasteiger partial charge in [0.15, 0.2) is 0 Å². The highest BCUT2D eigenvalue weighted by Gasteiger charge is 2.28. The number of rotatable bonds is 4. The molecule has 0 aliphatic rings. The molecule has 0 amide bonds. The van der Waals surface area contributed by atoms with Gasteiger partial charge >= 0.3 is 0 Å². The summed E-state index contributed by atoms with van der Waals surface area (Å²) < 4.78 is 10.5. The van der Waals surface area contributed by atoms with E-state index in [0.717, 1.165) is 5.56 Å². The second-order valence-electron chi connectivity index (χ2n) is 3.67. The molecule has 84 valence electrons. The van der Waals surface area contributed by atoms with E-state index in [0.29, 0.717) is 11.5 Å². The van der Waals surface area contributed by atoms with Gasteiger partial charge in [-0.05, 0) is 26.0 Å². The van der Waals surface area contributed by atoms with Gasteiger partial charge in [-0.3, -0.25) is 4.84 Å². The van der Waals surface area contributed by atoms with Gasteiger partial charge in [0.05, 0.1) is 19.8 Å². The molecular formula is C11H17NO3. The van der Waals surface area contributed by atoms with Gasteiger partial charge in [0.25, 0.3) is 0 Å². The second kappa shape index (κ2) is 4.51. The van der Waals surface area contributed by atoms with Crippen molar-refractivity contribution >= 4 is 0 Å². The molecule has 0 atom stereocenters. The topological polar surface area (TPSA) is 53.7 Å². The molecule has 0 saturated carbocycles. The van der Waals surface area contributed by atoms with Gasteiger partial charge < -0.3 is 9.47 Å². The molecule has 15 heavy (non-hydrogen) atoms. The quantitative estimate of drug-likeness (QED) is 0.772. The van der Waals surface area contributed by atoms with E-state index in [4.69, 9.17) is 20.2 Å². The Hall–Kier alpha value is -1.26. The summed E-state index contributed by atoms with van der Waals surface area (Å²) in [7, 11) is 3.20. The van der Waals surface area contributed by atoms with Gasteiger partial charge in [0.1, 0.15) is 17.1 Å². The fourth-order valence-electron chi connectivity index (χ4n) is 1.50. The average Bonchev–Trinajstić information content (AvgIpc) is 2.27. The van der Waals surface area contributed by atoms with Crippen LogP contribution in [0.25, 0.3) is 0 Å². The first kappa shape index (κ1) is 11.8. The first-order valence-corrected chi connectivity index (χ1v) is 4.66. The van der Waals surface area contributed by atoms with E-state index in [-0.39, 0.29) is 0 Å². The minimum absolute atomic E-state index is 0.655. The van der Waals surface area contributed by atoms with E-state index in [1.165, 1.54) is 0 Å². The maximum absolute atomic E-state index is 5.27. The fourth-order valence-corrected chi connectivity index (χ4v) is 1.50. The minimum Gasteiger partial charge on any atom is -0.496 e. The second-order valence-corrected chi connectivity index (χ2v) is 3.67. The molecule has 0 aliphatic carbocycles. The highest BCUT2D eigenvalue weighted by atomic mass is 16.6. The summed E-state index contributed by atoms with van der Waals surface area (Å²) in [6.45, 7) is 3.71. The molecule has 1 rings (SSSR count). The highest BCUT2D eigenvalue weighted by Crippen LogP contribution is 2.38. The molecule has 0 aliphatic heterocycles. The monoisotopic (exact) mass is 211 g/mol. The number of hydrogen-bond acceptors (Lipinski definition) is 4. The predicted octanol–water partition coefficient (Wildman–Crippen LogP) is 1.83. The molecule has 0 unspecified atom stereocenters. The van der Waals surface area contributed by atoms with Crippen molar-refractivity contribution in [3.05, 3.63) is 23.8 Å². The van der Waals surface area contributed by atoms with Gasteiger partial charge in [-0.25, -0.2) is 5.90 Å². The number of methoxy groups -OCH3 is 2. The van der Waals surface area contributed by atoms with Crippen molar-refractivity contribution in [1.82, 2.24) is 0 Å². The Balaban J connectivity index is 3.34. The number of hydrogen-bond donors (Lipinski definition) is 1. The van der Waals surface area contributed by atoms with Gasteiger partial charge in [-0.15, -0.1) is 0 Å². The molecule has 0 heterocycles. The van der Waals surface area contributed by atoms with Crippen molar-refractivity contribution in [2.45, 2.75) is 19.4 Å². The normalized spacial score (nSPS) is 11.3. The Bertz CT molecular complexity index is 314. The molecular weight excluding hydrogens is 194 g/mol. The molecule has 2 N–H and O–H groups in total. The molecule has 0 spiro atoms. The van der Waals surface area contributed by atoms with Gasteiger partial charge in [-0.2, -0.15) is 0 Å². The zero-order chi connectivity index (χ0) is 11.5. The zero-order valence-electron chi connectivity index (χ0n) is 9.53. The van der Waals surface area contributed by atoms with Crippen molar-refractivity contribution in [3.63, 3.8) is 0 Å². The third-order valence-electron chi connectivity index (χ3n) is 2.32. The number of ether oxygens (including phenoxy) is 2. The molecule has 4 nitrogen and oxygen atoms in total. The van der Waals surface area contributed by atoms with Crippen LogP contribution in [0, 0.1) is 0 Å². The Morgan fingerprint density at radius 3 is 1.87 bits per heavy atom. The van der Waals surface area contributed by atoms with Crippen LogP contribution in [-0.4, -0.2) is 14.2 Å². The Morgan fingerprint density at radius 2 is 1.53 bits per heavy atom. The lowest BCUT2D eigenvalue weighted by Crippen LogP contribution is -2.26. The lowest BCUT2D eigenvalue weighted by atomic mass is 9.96. The number of benzene rings is 1. The van der Waals surface area contributed by atoms with Crippen LogP contribution in [-0.2, 0) is 10.4 Å². The first-order chi connectivity index (χ1) is 7.06. The third kappa shape index (κ3) is 2.22. The van der Waals surface area contributed by atoms with Crippen LogP contribution < -0.4 is 15.4 Å². The summed E-state index contributed by atoms with van der Waals surface area (Å²) in [4.78, 5) is 4.95. The molecule has 4 heteroatoms. The Kier molecular flexibility index (Phi) is 3.55. The molecule has 0 fully saturated rings. The third-order valence-corrected chi connectivity index (χ3v) is 2.32. The number of nitrogens with two attached hydrogens (primary N) is 1. The van der Waals surface area contributed by atoms with Crippen LogP contribution in [0.5, 0.6) is 11.5 Å². The molecule has 0 radical (unpaired) electrons. The maximum atomic E-state index is 5.27. The summed E-state index contributed by atoms with van der Waals surface area (Å²) in [5.41, 5.74) is 0.148. The van der Waals surface area contributed by atoms with E-state index >= 15 is 0 Å². The van der Waals surface area contributed by atoms with E-state index < -0.39 is 5.60 Å². The lowest BCUT2D eigenvalue weighted by Gasteiger charge is -2.26. The van der Waals surface area contributed by atoms with Crippen LogP contribution in [0.3, 0.4) is 0 Å². The van der Waals surface area contributed by atoms with Crippen molar-refractivity contribution < 1.29 is 14.3 Å². The van der Waals surface area contributed by atoms with E-state index in [1.54, 1.807) is 14.2 Å². The Labute approximate surface area is 89.9 Å². The van der Waals surface area contributed by atoms with Crippen LogP contribution in [0.4, 0.5) is 0 Å². The Morgan fingerprint density at radius 1 is 1.07 bits per heavy atom. The minimum atomic E-state index is -0.655. The summed E-state index contributed by atoms with van der Waals surface area (Å²) in [6, 6.07) is 5.55. The molecule has 0 aromatic heterocycles. The van der Waals surface area contributed by atoms with Crippen molar-refractivity contribution in [2.75, 3.05) is 14.2 Å². The summed E-state index contributed by atoms with van der Waals surface area (Å²) in [5, 5.41) is 0. The first-order valence-electron chi connectivity index (χ1n) is 4.66. The van der Waals surface area contributed by atoms with Gasteiger partial charge in [-0.1, -0.05) is 6.07 Å². The standard InChI is InChI=1S/C11H17NO3/c1-11(2,15-12)10-8(13-3)6-5-7-9(10)14-4/h5-7H,12H2,1-4H3.